The highest BCUT2D eigenvalue weighted by molar-refractivity contribution is 14.1. The number of piperidine rings is 4. The third-order valence-electron chi connectivity index (χ3n) is 8.06. The van der Waals surface area contributed by atoms with Gasteiger partial charge in [0, 0.05) is 48.5 Å². The molecule has 0 saturated carbocycles. The van der Waals surface area contributed by atoms with E-state index in [2.05, 4.69) is 47.7 Å². The van der Waals surface area contributed by atoms with Gasteiger partial charge in [-0.3, -0.25) is 0 Å². The molecule has 0 unspecified atom stereocenters. The zero-order valence-electron chi connectivity index (χ0n) is 16.8. The molecule has 4 nitrogen and oxygen atoms in total. The van der Waals surface area contributed by atoms with Crippen LogP contribution in [0.15, 0.2) is 0 Å². The third kappa shape index (κ3) is 4.94. The molecule has 4 rings (SSSR count). The molecule has 26 heavy (non-hydrogen) atoms. The van der Waals surface area contributed by atoms with Crippen molar-refractivity contribution in [3.63, 3.8) is 0 Å². The number of likely N-dealkylation sites (tertiary alicyclic amines) is 3. The Balaban J connectivity index is 1.16. The van der Waals surface area contributed by atoms with Crippen LogP contribution in [0, 0.1) is 11.3 Å². The quantitative estimate of drug-likeness (QED) is 0.460. The van der Waals surface area contributed by atoms with Crippen LogP contribution in [0.4, 0.5) is 0 Å². The zero-order chi connectivity index (χ0) is 18.0. The Morgan fingerprint density at radius 2 is 1.35 bits per heavy atom. The second-order valence-electron chi connectivity index (χ2n) is 9.72. The second-order valence-corrected chi connectivity index (χ2v) is 11.1. The lowest BCUT2D eigenvalue weighted by molar-refractivity contribution is 0.0383. The predicted octanol–water partition coefficient (Wildman–Crippen LogP) is 3.32. The van der Waals surface area contributed by atoms with Crippen molar-refractivity contribution in [2.75, 3.05) is 66.0 Å². The number of nitrogens with zero attached hydrogens (tertiary/aromatic N) is 4. The van der Waals surface area contributed by atoms with Crippen molar-refractivity contribution in [3.05, 3.63) is 0 Å². The van der Waals surface area contributed by atoms with Crippen molar-refractivity contribution in [3.8, 4) is 0 Å². The second kappa shape index (κ2) is 8.93. The minimum Gasteiger partial charge on any atom is -0.306 e. The summed E-state index contributed by atoms with van der Waals surface area (Å²) in [6.45, 7) is 12.1. The van der Waals surface area contributed by atoms with Gasteiger partial charge in [0.15, 0.2) is 0 Å². The lowest BCUT2D eigenvalue weighted by Crippen LogP contribution is -2.49. The van der Waals surface area contributed by atoms with E-state index in [9.17, 15) is 0 Å². The Morgan fingerprint density at radius 3 is 1.96 bits per heavy atom. The molecule has 0 aliphatic carbocycles. The molecule has 4 saturated heterocycles. The maximum atomic E-state index is 2.83. The van der Waals surface area contributed by atoms with Gasteiger partial charge in [-0.2, -0.15) is 0 Å². The summed E-state index contributed by atoms with van der Waals surface area (Å²) in [4.78, 5) is 8.14. The largest absolute Gasteiger partial charge is 0.306 e. The first-order chi connectivity index (χ1) is 12.6. The summed E-state index contributed by atoms with van der Waals surface area (Å²) < 4.78 is 2.49. The third-order valence-corrected chi connectivity index (χ3v) is 9.02. The standard InChI is InChI=1S/C21H39IN4/c1-23-10-4-20(5-11-23)25-12-2-19(3-13-25)18-24-14-6-21(7-15-24)8-16-26(22)17-9-21/h19-20H,2-18H2,1H3. The smallest absolute Gasteiger partial charge is 0.0201 e. The van der Waals surface area contributed by atoms with Crippen LogP contribution in [0.2, 0.25) is 0 Å². The molecule has 0 amide bonds. The normalized spacial score (nSPS) is 31.6. The van der Waals surface area contributed by atoms with E-state index in [0.717, 1.165) is 12.0 Å². The molecular formula is C21H39IN4. The van der Waals surface area contributed by atoms with E-state index in [4.69, 9.17) is 0 Å². The molecule has 0 atom stereocenters. The van der Waals surface area contributed by atoms with Crippen LogP contribution in [0.25, 0.3) is 0 Å². The van der Waals surface area contributed by atoms with E-state index >= 15 is 0 Å². The first-order valence-electron chi connectivity index (χ1n) is 11.2. The molecule has 150 valence electrons. The molecule has 4 heterocycles. The molecule has 4 aliphatic heterocycles. The van der Waals surface area contributed by atoms with Gasteiger partial charge in [-0.25, -0.2) is 3.11 Å². The van der Waals surface area contributed by atoms with Crippen molar-refractivity contribution < 1.29 is 0 Å². The minimum atomic E-state index is 0.704. The van der Waals surface area contributed by atoms with Gasteiger partial charge in [-0.15, -0.1) is 0 Å². The molecule has 0 aromatic rings. The fourth-order valence-electron chi connectivity index (χ4n) is 5.89. The lowest BCUT2D eigenvalue weighted by Gasteiger charge is -2.47. The molecule has 4 aliphatic rings. The van der Waals surface area contributed by atoms with Crippen molar-refractivity contribution >= 4 is 22.9 Å². The van der Waals surface area contributed by atoms with Gasteiger partial charge in [0.25, 0.3) is 0 Å². The van der Waals surface area contributed by atoms with Crippen molar-refractivity contribution in [2.45, 2.75) is 57.4 Å². The average Bonchev–Trinajstić information content (AvgIpc) is 2.68. The molecule has 5 heteroatoms. The van der Waals surface area contributed by atoms with Crippen molar-refractivity contribution in [1.29, 1.82) is 0 Å². The van der Waals surface area contributed by atoms with E-state index < -0.39 is 0 Å². The molecule has 0 aromatic carbocycles. The Bertz CT molecular complexity index is 425. The Hall–Kier alpha value is 0.570. The van der Waals surface area contributed by atoms with Gasteiger partial charge >= 0.3 is 0 Å². The zero-order valence-corrected chi connectivity index (χ0v) is 19.0. The SMILES string of the molecule is CN1CCC(N2CCC(CN3CCC4(CCN(I)CC4)CC3)CC2)CC1. The highest BCUT2D eigenvalue weighted by Gasteiger charge is 2.37. The number of halogens is 1. The van der Waals surface area contributed by atoms with Gasteiger partial charge in [-0.05, 0) is 109 Å². The van der Waals surface area contributed by atoms with E-state index in [0.29, 0.717) is 5.41 Å². The van der Waals surface area contributed by atoms with Crippen LogP contribution in [0.3, 0.4) is 0 Å². The summed E-state index contributed by atoms with van der Waals surface area (Å²) in [6.07, 6.45) is 11.5. The van der Waals surface area contributed by atoms with Gasteiger partial charge < -0.3 is 14.7 Å². The number of hydrogen-bond donors (Lipinski definition) is 0. The fraction of sp³-hybridized carbons (Fsp3) is 1.00. The van der Waals surface area contributed by atoms with Gasteiger partial charge in [0.2, 0.25) is 0 Å². The number of rotatable bonds is 3. The highest BCUT2D eigenvalue weighted by atomic mass is 127. The van der Waals surface area contributed by atoms with Crippen LogP contribution in [0.1, 0.15) is 51.4 Å². The first kappa shape index (κ1) is 19.9. The van der Waals surface area contributed by atoms with Crippen LogP contribution in [-0.4, -0.2) is 89.8 Å². The summed E-state index contributed by atoms with van der Waals surface area (Å²) in [5.41, 5.74) is 0.704. The van der Waals surface area contributed by atoms with Gasteiger partial charge in [0.1, 0.15) is 0 Å². The highest BCUT2D eigenvalue weighted by Crippen LogP contribution is 2.42. The Kier molecular flexibility index (Phi) is 6.83. The van der Waals surface area contributed by atoms with Crippen molar-refractivity contribution in [2.24, 2.45) is 11.3 Å². The molecule has 0 N–H and O–H groups in total. The summed E-state index contributed by atoms with van der Waals surface area (Å²) in [5.74, 6) is 0.961. The summed E-state index contributed by atoms with van der Waals surface area (Å²) >= 11 is 2.51. The van der Waals surface area contributed by atoms with Crippen molar-refractivity contribution in [1.82, 2.24) is 17.8 Å². The van der Waals surface area contributed by atoms with Crippen LogP contribution < -0.4 is 0 Å². The molecule has 0 aromatic heterocycles. The van der Waals surface area contributed by atoms with Gasteiger partial charge in [0.05, 0.1) is 0 Å². The Morgan fingerprint density at radius 1 is 0.769 bits per heavy atom. The molecule has 4 fully saturated rings. The van der Waals surface area contributed by atoms with Crippen LogP contribution in [-0.2, 0) is 0 Å². The predicted molar refractivity (Wildman–Crippen MR) is 118 cm³/mol. The number of hydrogen-bond acceptors (Lipinski definition) is 4. The Labute approximate surface area is 175 Å². The summed E-state index contributed by atoms with van der Waals surface area (Å²) in [5, 5.41) is 0. The maximum absolute atomic E-state index is 2.83. The molecule has 1 spiro atoms. The average molecular weight is 474 g/mol. The van der Waals surface area contributed by atoms with Crippen LogP contribution >= 0.6 is 22.9 Å². The van der Waals surface area contributed by atoms with E-state index in [1.54, 1.807) is 0 Å². The summed E-state index contributed by atoms with van der Waals surface area (Å²) in [7, 11) is 2.27. The van der Waals surface area contributed by atoms with Gasteiger partial charge in [-0.1, -0.05) is 0 Å². The summed E-state index contributed by atoms with van der Waals surface area (Å²) in [6, 6.07) is 0.880. The van der Waals surface area contributed by atoms with E-state index in [-0.39, 0.29) is 0 Å². The molecular weight excluding hydrogens is 435 g/mol. The first-order valence-corrected chi connectivity index (χ1v) is 12.1. The topological polar surface area (TPSA) is 13.0 Å². The van der Waals surface area contributed by atoms with E-state index in [1.165, 1.54) is 110 Å². The molecule has 0 radical (unpaired) electrons. The monoisotopic (exact) mass is 474 g/mol. The minimum absolute atomic E-state index is 0.704. The van der Waals surface area contributed by atoms with Crippen LogP contribution in [0.5, 0.6) is 0 Å². The molecule has 0 bridgehead atoms. The van der Waals surface area contributed by atoms with E-state index in [1.807, 2.05) is 0 Å². The maximum Gasteiger partial charge on any atom is 0.0201 e. The lowest BCUT2D eigenvalue weighted by atomic mass is 9.71. The fourth-order valence-corrected chi connectivity index (χ4v) is 6.37.